The smallest absolute Gasteiger partial charge is 0.317 e. The molecule has 10 nitrogen and oxygen atoms in total. The van der Waals surface area contributed by atoms with Gasteiger partial charge in [0.1, 0.15) is 0 Å². The molecule has 0 aliphatic carbocycles. The number of amides is 6. The van der Waals surface area contributed by atoms with Gasteiger partial charge in [0.05, 0.1) is 0 Å². The van der Waals surface area contributed by atoms with Crippen molar-refractivity contribution in [2.45, 2.75) is 147 Å². The highest BCUT2D eigenvalue weighted by Crippen LogP contribution is 1.94. The number of carbonyl (C=O) groups is 4. The third-order valence-corrected chi connectivity index (χ3v) is 4.26. The van der Waals surface area contributed by atoms with E-state index in [4.69, 9.17) is 0 Å². The first-order chi connectivity index (χ1) is 17.5. The monoisotopic (exact) mass is 560 g/mol. The van der Waals surface area contributed by atoms with Crippen LogP contribution >= 0.6 is 0 Å². The maximum absolute atomic E-state index is 11.2. The van der Waals surface area contributed by atoms with Crippen LogP contribution in [0, 0.1) is 11.8 Å². The molecule has 0 aliphatic heterocycles. The van der Waals surface area contributed by atoms with Gasteiger partial charge in [-0.15, -0.1) is 0 Å². The van der Waals surface area contributed by atoms with E-state index in [1.807, 2.05) is 111 Å². The zero-order chi connectivity index (χ0) is 32.0. The molecule has 0 rings (SSSR count). The van der Waals surface area contributed by atoms with Crippen LogP contribution in [0.1, 0.15) is 111 Å². The molecule has 0 radical (unpaired) electrons. The summed E-state index contributed by atoms with van der Waals surface area (Å²) in [7, 11) is 1.79. The summed E-state index contributed by atoms with van der Waals surface area (Å²) in [6.45, 7) is 31.0. The summed E-state index contributed by atoms with van der Waals surface area (Å²) in [6, 6.07) is 1.31. The molecule has 0 saturated carbocycles. The molecule has 0 bridgehead atoms. The number of urea groups is 2. The lowest BCUT2D eigenvalue weighted by Gasteiger charge is -2.23. The van der Waals surface area contributed by atoms with E-state index >= 15 is 0 Å². The van der Waals surface area contributed by atoms with Crippen molar-refractivity contribution in [3.63, 3.8) is 0 Å². The SMILES string of the molecule is CC(C)NC(=O)C(C)C.CC(C)NC(=O)C(C)C.CC(C)NC(=O)N(C)C(C)C.CC(C)NC(=O)NC(C)C. The van der Waals surface area contributed by atoms with Crippen LogP contribution in [-0.4, -0.2) is 72.1 Å². The molecule has 0 aliphatic rings. The largest absolute Gasteiger partial charge is 0.354 e. The molecule has 234 valence electrons. The van der Waals surface area contributed by atoms with Crippen molar-refractivity contribution in [1.29, 1.82) is 0 Å². The lowest BCUT2D eigenvalue weighted by atomic mass is 10.2. The quantitative estimate of drug-likeness (QED) is 0.289. The summed E-state index contributed by atoms with van der Waals surface area (Å²) < 4.78 is 0. The first-order valence-electron chi connectivity index (χ1n) is 14.3. The Kier molecular flexibility index (Phi) is 27.4. The van der Waals surface area contributed by atoms with Gasteiger partial charge in [0, 0.05) is 55.1 Å². The summed E-state index contributed by atoms with van der Waals surface area (Å²) in [4.78, 5) is 45.4. The predicted molar refractivity (Wildman–Crippen MR) is 165 cm³/mol. The Morgan fingerprint density at radius 1 is 0.436 bits per heavy atom. The Labute approximate surface area is 240 Å². The van der Waals surface area contributed by atoms with Crippen molar-refractivity contribution in [1.82, 2.24) is 31.5 Å². The second-order valence-corrected chi connectivity index (χ2v) is 11.9. The summed E-state index contributed by atoms with van der Waals surface area (Å²) >= 11 is 0. The first-order valence-corrected chi connectivity index (χ1v) is 14.3. The molecule has 6 amide bonds. The van der Waals surface area contributed by atoms with E-state index in [2.05, 4.69) is 26.6 Å². The molecule has 0 saturated heterocycles. The molecule has 0 heterocycles. The molecular formula is C29H64N6O4. The molecule has 5 N–H and O–H groups in total. The molecule has 0 aromatic rings. The van der Waals surface area contributed by atoms with E-state index < -0.39 is 0 Å². The Balaban J connectivity index is -0.000000210. The van der Waals surface area contributed by atoms with E-state index in [-0.39, 0.29) is 72.0 Å². The average molecular weight is 561 g/mol. The van der Waals surface area contributed by atoms with Crippen molar-refractivity contribution >= 4 is 23.9 Å². The third-order valence-electron chi connectivity index (χ3n) is 4.26. The third kappa shape index (κ3) is 35.5. The molecule has 0 fully saturated rings. The van der Waals surface area contributed by atoms with Crippen molar-refractivity contribution in [2.24, 2.45) is 11.8 Å². The van der Waals surface area contributed by atoms with Gasteiger partial charge in [0.2, 0.25) is 11.8 Å². The highest BCUT2D eigenvalue weighted by atomic mass is 16.2. The molecule has 0 unspecified atom stereocenters. The van der Waals surface area contributed by atoms with Crippen LogP contribution in [0.15, 0.2) is 0 Å². The Hall–Kier alpha value is -2.52. The molecule has 39 heavy (non-hydrogen) atoms. The zero-order valence-electron chi connectivity index (χ0n) is 28.2. The average Bonchev–Trinajstić information content (AvgIpc) is 2.71. The number of carbonyl (C=O) groups excluding carboxylic acids is 4. The molecule has 0 atom stereocenters. The van der Waals surface area contributed by atoms with Crippen molar-refractivity contribution in [3.05, 3.63) is 0 Å². The Morgan fingerprint density at radius 3 is 0.846 bits per heavy atom. The van der Waals surface area contributed by atoms with Gasteiger partial charge in [-0.1, -0.05) is 27.7 Å². The van der Waals surface area contributed by atoms with E-state index in [1.54, 1.807) is 11.9 Å². The number of hydrogen-bond donors (Lipinski definition) is 5. The summed E-state index contributed by atoms with van der Waals surface area (Å²) in [6.07, 6.45) is 0. The van der Waals surface area contributed by atoms with Crippen LogP contribution in [0.3, 0.4) is 0 Å². The van der Waals surface area contributed by atoms with Crippen molar-refractivity contribution in [3.8, 4) is 0 Å². The standard InChI is InChI=1S/C8H18N2O.C7H16N2O.2C7H15NO/c1-6(2)9-8(11)10(5)7(3)4;1-5(2)8-7(10)9-6(3)4;2*1-5(2)7(9)8-6(3)4/h6-7H,1-5H3,(H,9,11);5-6H,1-4H3,(H2,8,9,10);2*5-6H,1-4H3,(H,8,9). The van der Waals surface area contributed by atoms with Crippen LogP contribution in [0.5, 0.6) is 0 Å². The molecular weight excluding hydrogens is 496 g/mol. The fourth-order valence-corrected chi connectivity index (χ4v) is 2.05. The van der Waals surface area contributed by atoms with Gasteiger partial charge < -0.3 is 31.5 Å². The van der Waals surface area contributed by atoms with Crippen LogP contribution in [0.2, 0.25) is 0 Å². The van der Waals surface area contributed by atoms with Gasteiger partial charge in [0.25, 0.3) is 0 Å². The van der Waals surface area contributed by atoms with Gasteiger partial charge in [-0.2, -0.15) is 0 Å². The van der Waals surface area contributed by atoms with E-state index in [9.17, 15) is 19.2 Å². The number of hydrogen-bond acceptors (Lipinski definition) is 4. The fraction of sp³-hybridized carbons (Fsp3) is 0.862. The Bertz CT molecular complexity index is 622. The van der Waals surface area contributed by atoms with E-state index in [0.29, 0.717) is 0 Å². The van der Waals surface area contributed by atoms with E-state index in [0.717, 1.165) is 0 Å². The minimum Gasteiger partial charge on any atom is -0.354 e. The van der Waals surface area contributed by atoms with Crippen molar-refractivity contribution in [2.75, 3.05) is 7.05 Å². The van der Waals surface area contributed by atoms with Crippen LogP contribution in [-0.2, 0) is 9.59 Å². The van der Waals surface area contributed by atoms with Gasteiger partial charge in [-0.3, -0.25) is 9.59 Å². The topological polar surface area (TPSA) is 132 Å². The summed E-state index contributed by atoms with van der Waals surface area (Å²) in [5.74, 6) is 0.467. The van der Waals surface area contributed by atoms with Gasteiger partial charge in [-0.05, 0) is 83.1 Å². The van der Waals surface area contributed by atoms with E-state index in [1.165, 1.54) is 0 Å². The van der Waals surface area contributed by atoms with Gasteiger partial charge in [-0.25, -0.2) is 9.59 Å². The Morgan fingerprint density at radius 2 is 0.692 bits per heavy atom. The molecule has 0 aromatic carbocycles. The molecule has 10 heteroatoms. The number of nitrogens with zero attached hydrogens (tertiary/aromatic N) is 1. The zero-order valence-corrected chi connectivity index (χ0v) is 28.2. The minimum absolute atomic E-state index is 0.00463. The van der Waals surface area contributed by atoms with Crippen LogP contribution in [0.25, 0.3) is 0 Å². The predicted octanol–water partition coefficient (Wildman–Crippen LogP) is 4.88. The number of rotatable bonds is 8. The fourth-order valence-electron chi connectivity index (χ4n) is 2.05. The maximum atomic E-state index is 11.2. The molecule has 0 spiro atoms. The summed E-state index contributed by atoms with van der Waals surface area (Å²) in [5.41, 5.74) is 0. The second kappa shape index (κ2) is 24.5. The van der Waals surface area contributed by atoms with Crippen LogP contribution < -0.4 is 26.6 Å². The first kappa shape index (κ1) is 43.5. The minimum atomic E-state index is -0.0926. The highest BCUT2D eigenvalue weighted by molar-refractivity contribution is 5.78. The molecule has 0 aromatic heterocycles. The normalized spacial score (nSPS) is 10.4. The highest BCUT2D eigenvalue weighted by Gasteiger charge is 2.11. The van der Waals surface area contributed by atoms with Crippen LogP contribution in [0.4, 0.5) is 9.59 Å². The van der Waals surface area contributed by atoms with Gasteiger partial charge >= 0.3 is 12.1 Å². The second-order valence-electron chi connectivity index (χ2n) is 11.9. The van der Waals surface area contributed by atoms with Crippen molar-refractivity contribution < 1.29 is 19.2 Å². The number of nitrogens with one attached hydrogen (secondary N) is 5. The van der Waals surface area contributed by atoms with Gasteiger partial charge in [0.15, 0.2) is 0 Å². The summed E-state index contributed by atoms with van der Waals surface area (Å²) in [5, 5.41) is 13.9. The maximum Gasteiger partial charge on any atom is 0.317 e. The lowest BCUT2D eigenvalue weighted by Crippen LogP contribution is -2.43. The lowest BCUT2D eigenvalue weighted by molar-refractivity contribution is -0.125.